The van der Waals surface area contributed by atoms with E-state index in [1.54, 1.807) is 0 Å². The summed E-state index contributed by atoms with van der Waals surface area (Å²) in [5, 5.41) is 11.8. The number of aryl methyl sites for hydroxylation is 1. The predicted molar refractivity (Wildman–Crippen MR) is 88.8 cm³/mol. The standard InChI is InChI=1S/C17H29N3O/c1-5-7-10-20(14(4)6-2)12-16-9-8-15(11-13(16)3)17(18)19-21/h8-9,11,14,21H,5-7,10,12H2,1-4H3,(H2,18,19). The van der Waals surface area contributed by atoms with Crippen LogP contribution >= 0.6 is 0 Å². The van der Waals surface area contributed by atoms with Gasteiger partial charge in [0, 0.05) is 18.2 Å². The summed E-state index contributed by atoms with van der Waals surface area (Å²) in [7, 11) is 0. The molecule has 1 atom stereocenters. The Labute approximate surface area is 128 Å². The van der Waals surface area contributed by atoms with Crippen LogP contribution in [0, 0.1) is 6.92 Å². The van der Waals surface area contributed by atoms with Gasteiger partial charge in [0.2, 0.25) is 0 Å². The van der Waals surface area contributed by atoms with Gasteiger partial charge in [-0.05, 0) is 50.4 Å². The molecule has 4 nitrogen and oxygen atoms in total. The van der Waals surface area contributed by atoms with Gasteiger partial charge in [-0.25, -0.2) is 0 Å². The second-order valence-corrected chi connectivity index (χ2v) is 5.71. The fraction of sp³-hybridized carbons (Fsp3) is 0.588. The van der Waals surface area contributed by atoms with Crippen molar-refractivity contribution in [3.05, 3.63) is 34.9 Å². The molecule has 0 aliphatic heterocycles. The maximum atomic E-state index is 8.75. The van der Waals surface area contributed by atoms with Crippen molar-refractivity contribution in [2.24, 2.45) is 10.9 Å². The molecule has 1 aromatic carbocycles. The van der Waals surface area contributed by atoms with Gasteiger partial charge >= 0.3 is 0 Å². The van der Waals surface area contributed by atoms with Gasteiger partial charge in [-0.1, -0.05) is 37.6 Å². The molecular formula is C17H29N3O. The van der Waals surface area contributed by atoms with E-state index in [0.29, 0.717) is 6.04 Å². The van der Waals surface area contributed by atoms with Crippen LogP contribution in [-0.4, -0.2) is 28.5 Å². The highest BCUT2D eigenvalue weighted by Crippen LogP contribution is 2.17. The van der Waals surface area contributed by atoms with E-state index in [2.05, 4.69) is 43.8 Å². The Morgan fingerprint density at radius 1 is 1.38 bits per heavy atom. The number of hydrogen-bond donors (Lipinski definition) is 2. The Kier molecular flexibility index (Phi) is 7.23. The lowest BCUT2D eigenvalue weighted by atomic mass is 10.0. The lowest BCUT2D eigenvalue weighted by Crippen LogP contribution is -2.33. The van der Waals surface area contributed by atoms with Gasteiger partial charge in [0.05, 0.1) is 0 Å². The van der Waals surface area contributed by atoms with Gasteiger partial charge in [-0.2, -0.15) is 0 Å². The van der Waals surface area contributed by atoms with Crippen molar-refractivity contribution in [2.45, 2.75) is 59.5 Å². The average molecular weight is 291 g/mol. The molecule has 0 aliphatic rings. The van der Waals surface area contributed by atoms with Crippen molar-refractivity contribution in [3.63, 3.8) is 0 Å². The number of amidine groups is 1. The van der Waals surface area contributed by atoms with E-state index >= 15 is 0 Å². The topological polar surface area (TPSA) is 61.8 Å². The summed E-state index contributed by atoms with van der Waals surface area (Å²) in [6.07, 6.45) is 3.60. The minimum atomic E-state index is 0.161. The highest BCUT2D eigenvalue weighted by Gasteiger charge is 2.13. The van der Waals surface area contributed by atoms with E-state index in [9.17, 15) is 0 Å². The second kappa shape index (κ2) is 8.67. The van der Waals surface area contributed by atoms with E-state index in [-0.39, 0.29) is 5.84 Å². The first-order chi connectivity index (χ1) is 10.0. The maximum Gasteiger partial charge on any atom is 0.170 e. The molecule has 4 heteroatoms. The Balaban J connectivity index is 2.88. The number of unbranched alkanes of at least 4 members (excludes halogenated alkanes) is 1. The van der Waals surface area contributed by atoms with Gasteiger partial charge in [0.25, 0.3) is 0 Å². The quantitative estimate of drug-likeness (QED) is 0.333. The van der Waals surface area contributed by atoms with Crippen LogP contribution in [0.4, 0.5) is 0 Å². The molecule has 1 aromatic rings. The molecular weight excluding hydrogens is 262 g/mol. The van der Waals surface area contributed by atoms with Crippen LogP contribution in [0.15, 0.2) is 23.4 Å². The molecule has 0 saturated carbocycles. The molecule has 0 heterocycles. The lowest BCUT2D eigenvalue weighted by molar-refractivity contribution is 0.192. The van der Waals surface area contributed by atoms with Gasteiger partial charge in [-0.15, -0.1) is 0 Å². The Morgan fingerprint density at radius 3 is 2.62 bits per heavy atom. The molecule has 0 spiro atoms. The molecule has 21 heavy (non-hydrogen) atoms. The number of hydrogen-bond acceptors (Lipinski definition) is 3. The largest absolute Gasteiger partial charge is 0.409 e. The zero-order valence-corrected chi connectivity index (χ0v) is 13.8. The highest BCUT2D eigenvalue weighted by atomic mass is 16.4. The van der Waals surface area contributed by atoms with Gasteiger partial charge in [0.1, 0.15) is 0 Å². The number of benzene rings is 1. The summed E-state index contributed by atoms with van der Waals surface area (Å²) in [5.41, 5.74) is 8.90. The Bertz CT molecular complexity index is 471. The van der Waals surface area contributed by atoms with Crippen LogP contribution in [0.3, 0.4) is 0 Å². The second-order valence-electron chi connectivity index (χ2n) is 5.71. The normalized spacial score (nSPS) is 13.7. The van der Waals surface area contributed by atoms with Crippen LogP contribution in [0.2, 0.25) is 0 Å². The molecule has 0 bridgehead atoms. The zero-order chi connectivity index (χ0) is 15.8. The minimum Gasteiger partial charge on any atom is -0.409 e. The third kappa shape index (κ3) is 5.05. The summed E-state index contributed by atoms with van der Waals surface area (Å²) in [4.78, 5) is 2.54. The lowest BCUT2D eigenvalue weighted by Gasteiger charge is -2.29. The first-order valence-electron chi connectivity index (χ1n) is 7.84. The predicted octanol–water partition coefficient (Wildman–Crippen LogP) is 3.49. The molecule has 0 amide bonds. The van der Waals surface area contributed by atoms with Crippen molar-refractivity contribution in [1.82, 2.24) is 4.90 Å². The van der Waals surface area contributed by atoms with Gasteiger partial charge in [0.15, 0.2) is 5.84 Å². The molecule has 1 unspecified atom stereocenters. The van der Waals surface area contributed by atoms with E-state index in [1.807, 2.05) is 12.1 Å². The van der Waals surface area contributed by atoms with Crippen molar-refractivity contribution in [1.29, 1.82) is 0 Å². The molecule has 0 fully saturated rings. The third-order valence-corrected chi connectivity index (χ3v) is 4.13. The number of oxime groups is 1. The van der Waals surface area contributed by atoms with E-state index in [1.165, 1.54) is 24.0 Å². The van der Waals surface area contributed by atoms with Crippen molar-refractivity contribution in [3.8, 4) is 0 Å². The van der Waals surface area contributed by atoms with Crippen molar-refractivity contribution in [2.75, 3.05) is 6.54 Å². The fourth-order valence-corrected chi connectivity index (χ4v) is 2.38. The minimum absolute atomic E-state index is 0.161. The first-order valence-corrected chi connectivity index (χ1v) is 7.84. The fourth-order valence-electron chi connectivity index (χ4n) is 2.38. The van der Waals surface area contributed by atoms with Crippen molar-refractivity contribution < 1.29 is 5.21 Å². The molecule has 0 aliphatic carbocycles. The number of rotatable bonds is 8. The summed E-state index contributed by atoms with van der Waals surface area (Å²) >= 11 is 0. The average Bonchev–Trinajstić information content (AvgIpc) is 2.51. The number of nitrogens with two attached hydrogens (primary N) is 1. The van der Waals surface area contributed by atoms with Crippen molar-refractivity contribution >= 4 is 5.84 Å². The Hall–Kier alpha value is -1.55. The van der Waals surface area contributed by atoms with Crippen LogP contribution in [0.1, 0.15) is 56.7 Å². The summed E-state index contributed by atoms with van der Waals surface area (Å²) in [6.45, 7) is 10.9. The van der Waals surface area contributed by atoms with E-state index in [4.69, 9.17) is 10.9 Å². The zero-order valence-electron chi connectivity index (χ0n) is 13.8. The van der Waals surface area contributed by atoms with Gasteiger partial charge < -0.3 is 10.9 Å². The molecule has 3 N–H and O–H groups in total. The SMILES string of the molecule is CCCCN(Cc1ccc(/C(N)=N/O)cc1C)C(C)CC. The van der Waals surface area contributed by atoms with Crippen LogP contribution in [-0.2, 0) is 6.54 Å². The molecule has 1 rings (SSSR count). The highest BCUT2D eigenvalue weighted by molar-refractivity contribution is 5.97. The first kappa shape index (κ1) is 17.5. The van der Waals surface area contributed by atoms with E-state index < -0.39 is 0 Å². The smallest absolute Gasteiger partial charge is 0.170 e. The Morgan fingerprint density at radius 2 is 2.10 bits per heavy atom. The van der Waals surface area contributed by atoms with Crippen LogP contribution in [0.5, 0.6) is 0 Å². The molecule has 118 valence electrons. The summed E-state index contributed by atoms with van der Waals surface area (Å²) in [6, 6.07) is 6.58. The van der Waals surface area contributed by atoms with Gasteiger partial charge in [-0.3, -0.25) is 4.90 Å². The maximum absolute atomic E-state index is 8.75. The third-order valence-electron chi connectivity index (χ3n) is 4.13. The number of nitrogens with zero attached hydrogens (tertiary/aromatic N) is 2. The molecule has 0 aromatic heterocycles. The van der Waals surface area contributed by atoms with Crippen LogP contribution in [0.25, 0.3) is 0 Å². The van der Waals surface area contributed by atoms with Crippen LogP contribution < -0.4 is 5.73 Å². The monoisotopic (exact) mass is 291 g/mol. The summed E-state index contributed by atoms with van der Waals surface area (Å²) < 4.78 is 0. The molecule has 0 saturated heterocycles. The molecule has 0 radical (unpaired) electrons. The van der Waals surface area contributed by atoms with E-state index in [0.717, 1.165) is 25.1 Å². The summed E-state index contributed by atoms with van der Waals surface area (Å²) in [5.74, 6) is 0.161.